The summed E-state index contributed by atoms with van der Waals surface area (Å²) in [6.07, 6.45) is 2.06. The van der Waals surface area contributed by atoms with Gasteiger partial charge in [0.15, 0.2) is 0 Å². The molecule has 152 valence electrons. The number of anilines is 2. The maximum absolute atomic E-state index is 11.8. The Hall–Kier alpha value is -2.51. The van der Waals surface area contributed by atoms with Crippen LogP contribution in [-0.2, 0) is 11.2 Å². The summed E-state index contributed by atoms with van der Waals surface area (Å²) < 4.78 is 0. The molecule has 3 aromatic rings. The fourth-order valence-corrected chi connectivity index (χ4v) is 4.76. The Kier molecular flexibility index (Phi) is 5.78. The van der Waals surface area contributed by atoms with Crippen molar-refractivity contribution in [2.24, 2.45) is 0 Å². The molecule has 0 aliphatic carbocycles. The van der Waals surface area contributed by atoms with Crippen LogP contribution in [0.5, 0.6) is 0 Å². The van der Waals surface area contributed by atoms with E-state index in [1.807, 2.05) is 49.3 Å². The smallest absolute Gasteiger partial charge is 0.228 e. The van der Waals surface area contributed by atoms with Crippen molar-refractivity contribution < 1.29 is 4.79 Å². The third-order valence-electron chi connectivity index (χ3n) is 5.44. The summed E-state index contributed by atoms with van der Waals surface area (Å²) in [6, 6.07) is 12.1. The molecular formula is C22H27N5OS. The van der Waals surface area contributed by atoms with E-state index in [2.05, 4.69) is 22.8 Å². The van der Waals surface area contributed by atoms with Gasteiger partial charge in [-0.25, -0.2) is 4.98 Å². The summed E-state index contributed by atoms with van der Waals surface area (Å²) in [5, 5.41) is 1.14. The lowest BCUT2D eigenvalue weighted by atomic mass is 10.1. The molecule has 1 saturated heterocycles. The van der Waals surface area contributed by atoms with Crippen LogP contribution < -0.4 is 9.80 Å². The summed E-state index contributed by atoms with van der Waals surface area (Å²) in [6.45, 7) is 5.51. The van der Waals surface area contributed by atoms with Gasteiger partial charge >= 0.3 is 0 Å². The molecule has 0 radical (unpaired) electrons. The lowest BCUT2D eigenvalue weighted by Crippen LogP contribution is -2.48. The van der Waals surface area contributed by atoms with E-state index in [-0.39, 0.29) is 6.04 Å². The van der Waals surface area contributed by atoms with Gasteiger partial charge < -0.3 is 14.6 Å². The number of benzene rings is 1. The minimum atomic E-state index is -0.186. The fraction of sp³-hybridized carbons (Fsp3) is 0.409. The van der Waals surface area contributed by atoms with Crippen LogP contribution in [0.15, 0.2) is 36.4 Å². The highest BCUT2D eigenvalue weighted by molar-refractivity contribution is 7.18. The molecule has 0 saturated carbocycles. The van der Waals surface area contributed by atoms with Crippen LogP contribution in [0.4, 0.5) is 11.8 Å². The largest absolute Gasteiger partial charge is 0.353 e. The van der Waals surface area contributed by atoms with E-state index in [0.29, 0.717) is 0 Å². The molecule has 0 bridgehead atoms. The summed E-state index contributed by atoms with van der Waals surface area (Å²) >= 11 is 1.75. The molecule has 1 atom stereocenters. The molecule has 1 aromatic carbocycles. The number of piperazine rings is 1. The predicted octanol–water partition coefficient (Wildman–Crippen LogP) is 3.38. The van der Waals surface area contributed by atoms with Crippen molar-refractivity contribution in [1.82, 2.24) is 14.9 Å². The molecule has 0 spiro atoms. The average Bonchev–Trinajstić information content (AvgIpc) is 3.18. The van der Waals surface area contributed by atoms with E-state index in [1.54, 1.807) is 11.3 Å². The number of hydrogen-bond acceptors (Lipinski definition) is 7. The van der Waals surface area contributed by atoms with Gasteiger partial charge in [0, 0.05) is 45.2 Å². The Labute approximate surface area is 175 Å². The highest BCUT2D eigenvalue weighted by atomic mass is 32.1. The second-order valence-corrected chi connectivity index (χ2v) is 8.66. The number of aromatic nitrogens is 2. The highest BCUT2D eigenvalue weighted by Crippen LogP contribution is 2.33. The number of carbonyl (C=O) groups excluding carboxylic acids is 1. The SMILES string of the molecule is CCc1cc2c(N3CCN(C(C=O)c4ccccc4)CC3)nc(N(C)C)nc2s1. The molecule has 29 heavy (non-hydrogen) atoms. The van der Waals surface area contributed by atoms with Crippen molar-refractivity contribution in [2.45, 2.75) is 19.4 Å². The Balaban J connectivity index is 1.58. The molecule has 7 heteroatoms. The van der Waals surface area contributed by atoms with Crippen LogP contribution in [0.25, 0.3) is 10.2 Å². The van der Waals surface area contributed by atoms with Crippen molar-refractivity contribution >= 4 is 39.6 Å². The normalized spacial score (nSPS) is 16.2. The Morgan fingerprint density at radius 3 is 2.48 bits per heavy atom. The second kappa shape index (κ2) is 8.47. The summed E-state index contributed by atoms with van der Waals surface area (Å²) in [5.74, 6) is 1.76. The Morgan fingerprint density at radius 1 is 1.14 bits per heavy atom. The Bertz CT molecular complexity index is 980. The van der Waals surface area contributed by atoms with Crippen molar-refractivity contribution in [3.05, 3.63) is 46.8 Å². The molecule has 3 heterocycles. The van der Waals surface area contributed by atoms with Gasteiger partial charge in [0.25, 0.3) is 0 Å². The number of nitrogens with zero attached hydrogens (tertiary/aromatic N) is 5. The topological polar surface area (TPSA) is 52.6 Å². The van der Waals surface area contributed by atoms with Crippen molar-refractivity contribution in [2.75, 3.05) is 50.1 Å². The van der Waals surface area contributed by atoms with Gasteiger partial charge in [0.05, 0.1) is 11.4 Å². The standard InChI is InChI=1S/C22H27N5OS/c1-4-17-14-18-20(23-22(25(2)3)24-21(18)29-17)27-12-10-26(11-13-27)19(15-28)16-8-6-5-7-9-16/h5-9,14-15,19H,4,10-13H2,1-3H3. The monoisotopic (exact) mass is 409 g/mol. The number of carbonyl (C=O) groups is 1. The van der Waals surface area contributed by atoms with Gasteiger partial charge in [0.2, 0.25) is 5.95 Å². The first kappa shape index (κ1) is 19.8. The first-order valence-corrected chi connectivity index (χ1v) is 10.9. The van der Waals surface area contributed by atoms with Crippen LogP contribution in [0.1, 0.15) is 23.4 Å². The van der Waals surface area contributed by atoms with Crippen molar-refractivity contribution in [1.29, 1.82) is 0 Å². The molecule has 1 fully saturated rings. The number of hydrogen-bond donors (Lipinski definition) is 0. The molecular weight excluding hydrogens is 382 g/mol. The maximum atomic E-state index is 11.8. The van der Waals surface area contributed by atoms with Crippen LogP contribution in [0, 0.1) is 0 Å². The van der Waals surface area contributed by atoms with Gasteiger partial charge in [-0.1, -0.05) is 37.3 Å². The summed E-state index contributed by atoms with van der Waals surface area (Å²) in [4.78, 5) is 30.4. The van der Waals surface area contributed by atoms with Gasteiger partial charge in [-0.05, 0) is 18.1 Å². The van der Waals surface area contributed by atoms with Gasteiger partial charge in [-0.3, -0.25) is 4.90 Å². The third kappa shape index (κ3) is 3.97. The molecule has 6 nitrogen and oxygen atoms in total. The molecule has 0 N–H and O–H groups in total. The first-order valence-electron chi connectivity index (χ1n) is 10.1. The van der Waals surface area contributed by atoms with E-state index >= 15 is 0 Å². The molecule has 4 rings (SSSR count). The number of aryl methyl sites for hydroxylation is 1. The zero-order valence-corrected chi connectivity index (χ0v) is 18.0. The molecule has 1 aliphatic rings. The second-order valence-electron chi connectivity index (χ2n) is 7.54. The van der Waals surface area contributed by atoms with Gasteiger partial charge in [-0.2, -0.15) is 4.98 Å². The molecule has 1 unspecified atom stereocenters. The first-order chi connectivity index (χ1) is 14.1. The van der Waals surface area contributed by atoms with E-state index in [1.165, 1.54) is 4.88 Å². The quantitative estimate of drug-likeness (QED) is 0.582. The average molecular weight is 410 g/mol. The van der Waals surface area contributed by atoms with Crippen LogP contribution in [-0.4, -0.2) is 61.4 Å². The third-order valence-corrected chi connectivity index (χ3v) is 6.61. The Morgan fingerprint density at radius 2 is 1.86 bits per heavy atom. The zero-order valence-electron chi connectivity index (χ0n) is 17.2. The summed E-state index contributed by atoms with van der Waals surface area (Å²) in [5.41, 5.74) is 1.06. The minimum Gasteiger partial charge on any atom is -0.353 e. The maximum Gasteiger partial charge on any atom is 0.228 e. The fourth-order valence-electron chi connectivity index (χ4n) is 3.80. The van der Waals surface area contributed by atoms with E-state index in [4.69, 9.17) is 9.97 Å². The number of aldehydes is 1. The van der Waals surface area contributed by atoms with Crippen LogP contribution in [0.3, 0.4) is 0 Å². The molecule has 0 amide bonds. The highest BCUT2D eigenvalue weighted by Gasteiger charge is 2.27. The predicted molar refractivity (Wildman–Crippen MR) is 120 cm³/mol. The van der Waals surface area contributed by atoms with Crippen molar-refractivity contribution in [3.63, 3.8) is 0 Å². The number of rotatable bonds is 6. The number of thiophene rings is 1. The van der Waals surface area contributed by atoms with Gasteiger partial charge in [-0.15, -0.1) is 11.3 Å². The van der Waals surface area contributed by atoms with E-state index in [0.717, 1.165) is 66.4 Å². The van der Waals surface area contributed by atoms with Crippen molar-refractivity contribution in [3.8, 4) is 0 Å². The number of fused-ring (bicyclic) bond motifs is 1. The van der Waals surface area contributed by atoms with Gasteiger partial charge in [0.1, 0.15) is 16.9 Å². The molecule has 1 aliphatic heterocycles. The lowest BCUT2D eigenvalue weighted by Gasteiger charge is -2.38. The van der Waals surface area contributed by atoms with E-state index < -0.39 is 0 Å². The van der Waals surface area contributed by atoms with Crippen LogP contribution in [0.2, 0.25) is 0 Å². The molecule has 2 aromatic heterocycles. The van der Waals surface area contributed by atoms with Crippen LogP contribution >= 0.6 is 11.3 Å². The lowest BCUT2D eigenvalue weighted by molar-refractivity contribution is -0.112. The summed E-state index contributed by atoms with van der Waals surface area (Å²) in [7, 11) is 3.96. The van der Waals surface area contributed by atoms with E-state index in [9.17, 15) is 4.79 Å². The zero-order chi connectivity index (χ0) is 20.4. The minimum absolute atomic E-state index is 0.186.